The molecule has 1 aromatic heterocycles. The molecule has 0 radical (unpaired) electrons. The van der Waals surface area contributed by atoms with E-state index in [9.17, 15) is 13.6 Å². The summed E-state index contributed by atoms with van der Waals surface area (Å²) >= 11 is 0. The molecule has 1 aromatic carbocycles. The summed E-state index contributed by atoms with van der Waals surface area (Å²) in [5.41, 5.74) is 6.63. The van der Waals surface area contributed by atoms with E-state index >= 15 is 0 Å². The second-order valence-corrected chi connectivity index (χ2v) is 10.5. The molecule has 11 heteroatoms. The maximum Gasteiger partial charge on any atom is 0.410 e. The Hall–Kier alpha value is -3.76. The molecule has 2 aliphatic heterocycles. The van der Waals surface area contributed by atoms with E-state index in [1.165, 1.54) is 6.20 Å². The monoisotopic (exact) mass is 528 g/mol. The lowest BCUT2D eigenvalue weighted by Gasteiger charge is -2.26. The minimum atomic E-state index is -3.19. The molecule has 2 atom stereocenters. The Morgan fingerprint density at radius 3 is 2.45 bits per heavy atom. The van der Waals surface area contributed by atoms with Crippen LogP contribution in [-0.2, 0) is 9.47 Å². The number of anilines is 1. The highest BCUT2D eigenvalue weighted by molar-refractivity contribution is 6.00. The van der Waals surface area contributed by atoms with Crippen molar-refractivity contribution < 1.29 is 23.0 Å². The summed E-state index contributed by atoms with van der Waals surface area (Å²) in [6, 6.07) is 11.2. The second-order valence-electron chi connectivity index (χ2n) is 10.5. The van der Waals surface area contributed by atoms with Crippen LogP contribution in [0.15, 0.2) is 58.6 Å². The van der Waals surface area contributed by atoms with Crippen LogP contribution in [0.4, 0.5) is 25.1 Å². The van der Waals surface area contributed by atoms with Crippen LogP contribution < -0.4 is 10.6 Å². The summed E-state index contributed by atoms with van der Waals surface area (Å²) in [6.07, 6.45) is 0.412. The fourth-order valence-electron chi connectivity index (χ4n) is 4.24. The Kier molecular flexibility index (Phi) is 7.84. The summed E-state index contributed by atoms with van der Waals surface area (Å²) < 4.78 is 39.7. The number of halogens is 2. The number of ether oxygens (including phenoxy) is 2. The topological polar surface area (TPSA) is 106 Å². The van der Waals surface area contributed by atoms with E-state index < -0.39 is 23.7 Å². The van der Waals surface area contributed by atoms with Crippen molar-refractivity contribution in [3.63, 3.8) is 0 Å². The van der Waals surface area contributed by atoms with E-state index in [0.717, 1.165) is 25.7 Å². The zero-order valence-corrected chi connectivity index (χ0v) is 22.1. The maximum absolute atomic E-state index is 14.4. The summed E-state index contributed by atoms with van der Waals surface area (Å²) in [6.45, 7) is 8.75. The third-order valence-corrected chi connectivity index (χ3v) is 6.07. The molecule has 2 aromatic rings. The first kappa shape index (κ1) is 27.3. The number of hydrogen-bond donors (Lipinski definition) is 1. The number of alkyl halides is 2. The molecule has 38 heavy (non-hydrogen) atoms. The first-order valence-electron chi connectivity index (χ1n) is 12.6. The average molecular weight is 529 g/mol. The zero-order chi connectivity index (χ0) is 27.5. The highest BCUT2D eigenvalue weighted by Gasteiger charge is 2.48. The van der Waals surface area contributed by atoms with Crippen LogP contribution in [0.5, 0.6) is 0 Å². The molecule has 2 aliphatic rings. The number of aromatic nitrogens is 1. The molecule has 0 aliphatic carbocycles. The number of carbonyl (C=O) groups excluding carboxylic acids is 1. The van der Waals surface area contributed by atoms with Crippen molar-refractivity contribution >= 4 is 29.3 Å². The fourth-order valence-corrected chi connectivity index (χ4v) is 4.24. The highest BCUT2D eigenvalue weighted by Crippen LogP contribution is 2.31. The van der Waals surface area contributed by atoms with Crippen molar-refractivity contribution in [2.75, 3.05) is 31.1 Å². The van der Waals surface area contributed by atoms with Gasteiger partial charge in [-0.1, -0.05) is 18.2 Å². The number of pyridine rings is 1. The standard InChI is InChI=1S/C27H34F2N6O3/c1-26(2,3)38-25(36)35-14-8-13-34(15-16-35)20-12-11-19(17-31-20)32-23(30)21-22(27(4,28)29)37-24(33-21)18-9-6-5-7-10-18/h5-7,9-12,17,21-22H,8,13-16H2,1-4H3,(H2,30,32). The molecule has 204 valence electrons. The minimum Gasteiger partial charge on any atom is -0.465 e. The molecule has 9 nitrogen and oxygen atoms in total. The number of carbonyl (C=O) groups is 1. The third-order valence-electron chi connectivity index (χ3n) is 6.07. The largest absolute Gasteiger partial charge is 0.465 e. The van der Waals surface area contributed by atoms with Crippen LogP contribution in [-0.4, -0.2) is 77.6 Å². The van der Waals surface area contributed by atoms with Crippen LogP contribution in [0.25, 0.3) is 0 Å². The molecule has 0 bridgehead atoms. The smallest absolute Gasteiger partial charge is 0.410 e. The number of rotatable bonds is 5. The molecule has 0 spiro atoms. The summed E-state index contributed by atoms with van der Waals surface area (Å²) in [5, 5.41) is 0. The molecule has 2 N–H and O–H groups in total. The van der Waals surface area contributed by atoms with Gasteiger partial charge in [0.05, 0.1) is 11.9 Å². The quantitative estimate of drug-likeness (QED) is 0.456. The van der Waals surface area contributed by atoms with Crippen molar-refractivity contribution in [2.45, 2.75) is 57.8 Å². The van der Waals surface area contributed by atoms with E-state index in [1.807, 2.05) is 26.8 Å². The Balaban J connectivity index is 1.45. The number of aliphatic imine (C=N–C) groups is 2. The number of nitrogens with zero attached hydrogens (tertiary/aromatic N) is 5. The molecular weight excluding hydrogens is 494 g/mol. The lowest BCUT2D eigenvalue weighted by Crippen LogP contribution is -2.45. The lowest BCUT2D eigenvalue weighted by molar-refractivity contribution is -0.0788. The fraction of sp³-hybridized carbons (Fsp3) is 0.481. The Morgan fingerprint density at radius 2 is 1.82 bits per heavy atom. The van der Waals surface area contributed by atoms with Crippen molar-refractivity contribution in [1.82, 2.24) is 9.88 Å². The molecule has 4 rings (SSSR count). The molecule has 1 saturated heterocycles. The van der Waals surface area contributed by atoms with Gasteiger partial charge in [0, 0.05) is 38.7 Å². The normalized spacial score (nSPS) is 21.0. The van der Waals surface area contributed by atoms with Gasteiger partial charge in [0.2, 0.25) is 5.90 Å². The lowest BCUT2D eigenvalue weighted by atomic mass is 10.1. The van der Waals surface area contributed by atoms with E-state index in [-0.39, 0.29) is 17.8 Å². The zero-order valence-electron chi connectivity index (χ0n) is 22.1. The Labute approximate surface area is 221 Å². The van der Waals surface area contributed by atoms with Gasteiger partial charge in [0.25, 0.3) is 5.92 Å². The molecule has 2 unspecified atom stereocenters. The van der Waals surface area contributed by atoms with Gasteiger partial charge in [-0.25, -0.2) is 28.5 Å². The minimum absolute atomic E-state index is 0.0835. The SMILES string of the molecule is CC(C)(C)OC(=O)N1CCCN(c2ccc(N=C(N)C3N=C(c4ccccc4)OC3C(C)(F)F)cn2)CC1. The highest BCUT2D eigenvalue weighted by atomic mass is 19.3. The van der Waals surface area contributed by atoms with Gasteiger partial charge in [-0.15, -0.1) is 0 Å². The van der Waals surface area contributed by atoms with Crippen LogP contribution in [0.1, 0.15) is 39.7 Å². The van der Waals surface area contributed by atoms with Crippen LogP contribution >= 0.6 is 0 Å². The van der Waals surface area contributed by atoms with Gasteiger partial charge < -0.3 is 25.0 Å². The molecule has 3 heterocycles. The van der Waals surface area contributed by atoms with Crippen LogP contribution in [0.2, 0.25) is 0 Å². The number of nitrogens with two attached hydrogens (primary N) is 1. The van der Waals surface area contributed by atoms with E-state index in [2.05, 4.69) is 19.9 Å². The molecular formula is C27H34F2N6O3. The summed E-state index contributed by atoms with van der Waals surface area (Å²) in [4.78, 5) is 29.4. The number of hydrogen-bond acceptors (Lipinski definition) is 7. The molecule has 1 amide bonds. The summed E-state index contributed by atoms with van der Waals surface area (Å²) in [7, 11) is 0. The van der Waals surface area contributed by atoms with E-state index in [4.69, 9.17) is 15.2 Å². The molecule has 1 fully saturated rings. The Morgan fingerprint density at radius 1 is 1.08 bits per heavy atom. The van der Waals surface area contributed by atoms with Gasteiger partial charge in [-0.2, -0.15) is 0 Å². The van der Waals surface area contributed by atoms with Crippen LogP contribution in [0.3, 0.4) is 0 Å². The van der Waals surface area contributed by atoms with Gasteiger partial charge >= 0.3 is 6.09 Å². The Bertz CT molecular complexity index is 1180. The maximum atomic E-state index is 14.4. The van der Waals surface area contributed by atoms with Gasteiger partial charge in [-0.05, 0) is 51.5 Å². The van der Waals surface area contributed by atoms with Crippen molar-refractivity contribution in [3.05, 3.63) is 54.2 Å². The average Bonchev–Trinajstić information content (AvgIpc) is 3.17. The second kappa shape index (κ2) is 10.9. The predicted molar refractivity (Wildman–Crippen MR) is 142 cm³/mol. The van der Waals surface area contributed by atoms with E-state index in [1.54, 1.807) is 41.3 Å². The third kappa shape index (κ3) is 6.76. The van der Waals surface area contributed by atoms with Crippen molar-refractivity contribution in [2.24, 2.45) is 15.7 Å². The number of amidine groups is 1. The molecule has 0 saturated carbocycles. The number of benzene rings is 1. The van der Waals surface area contributed by atoms with Crippen LogP contribution in [0, 0.1) is 0 Å². The number of amides is 1. The van der Waals surface area contributed by atoms with Gasteiger partial charge in [-0.3, -0.25) is 0 Å². The van der Waals surface area contributed by atoms with Crippen molar-refractivity contribution in [3.8, 4) is 0 Å². The van der Waals surface area contributed by atoms with E-state index in [0.29, 0.717) is 30.9 Å². The first-order valence-corrected chi connectivity index (χ1v) is 12.6. The predicted octanol–water partition coefficient (Wildman–Crippen LogP) is 4.39. The van der Waals surface area contributed by atoms with Gasteiger partial charge in [0.1, 0.15) is 17.3 Å². The van der Waals surface area contributed by atoms with Crippen molar-refractivity contribution in [1.29, 1.82) is 0 Å². The summed E-state index contributed by atoms with van der Waals surface area (Å²) in [5.74, 6) is -2.44. The van der Waals surface area contributed by atoms with Gasteiger partial charge in [0.15, 0.2) is 12.1 Å². The first-order chi connectivity index (χ1) is 17.9.